The van der Waals surface area contributed by atoms with E-state index >= 15 is 0 Å². The predicted octanol–water partition coefficient (Wildman–Crippen LogP) is 2.08. The topological polar surface area (TPSA) is 48.7 Å². The number of rotatable bonds is 3. The van der Waals surface area contributed by atoms with E-state index in [1.54, 1.807) is 6.20 Å². The van der Waals surface area contributed by atoms with Gasteiger partial charge in [0.25, 0.3) is 0 Å². The lowest BCUT2D eigenvalue weighted by Gasteiger charge is -2.04. The summed E-state index contributed by atoms with van der Waals surface area (Å²) in [5, 5.41) is 11.8. The van der Waals surface area contributed by atoms with Gasteiger partial charge in [0.15, 0.2) is 0 Å². The van der Waals surface area contributed by atoms with Crippen LogP contribution in [0, 0.1) is 18.3 Å². The minimum absolute atomic E-state index is 0.641. The number of nitrogens with one attached hydrogen (secondary N) is 1. The Hall–Kier alpha value is -1.56. The van der Waals surface area contributed by atoms with Crippen LogP contribution in [0.3, 0.4) is 0 Å². The first-order valence-corrected chi connectivity index (χ1v) is 4.38. The molecule has 1 aromatic rings. The number of nitrogens with zero attached hydrogens (tertiary/aromatic N) is 2. The van der Waals surface area contributed by atoms with Crippen molar-refractivity contribution < 1.29 is 0 Å². The van der Waals surface area contributed by atoms with Crippen LogP contribution >= 0.6 is 0 Å². The molecule has 0 spiro atoms. The molecule has 0 aliphatic carbocycles. The predicted molar refractivity (Wildman–Crippen MR) is 52.5 cm³/mol. The van der Waals surface area contributed by atoms with Gasteiger partial charge in [0.05, 0.1) is 5.56 Å². The van der Waals surface area contributed by atoms with E-state index in [2.05, 4.69) is 23.3 Å². The lowest BCUT2D eigenvalue weighted by molar-refractivity contribution is 0.968. The fourth-order valence-corrected chi connectivity index (χ4v) is 1.02. The zero-order chi connectivity index (χ0) is 9.68. The summed E-state index contributed by atoms with van der Waals surface area (Å²) in [4.78, 5) is 4.11. The van der Waals surface area contributed by atoms with Crippen molar-refractivity contribution in [2.24, 2.45) is 0 Å². The normalized spacial score (nSPS) is 9.31. The van der Waals surface area contributed by atoms with Gasteiger partial charge in [-0.3, -0.25) is 0 Å². The number of pyridine rings is 1. The molecule has 13 heavy (non-hydrogen) atoms. The summed E-state index contributed by atoms with van der Waals surface area (Å²) >= 11 is 0. The molecular formula is C10H13N3. The molecule has 0 amide bonds. The van der Waals surface area contributed by atoms with Crippen molar-refractivity contribution in [3.05, 3.63) is 23.4 Å². The quantitative estimate of drug-likeness (QED) is 0.765. The van der Waals surface area contributed by atoms with Gasteiger partial charge >= 0.3 is 0 Å². The summed E-state index contributed by atoms with van der Waals surface area (Å²) in [5.41, 5.74) is 1.61. The summed E-state index contributed by atoms with van der Waals surface area (Å²) in [6.45, 7) is 4.93. The average Bonchev–Trinajstić information content (AvgIpc) is 2.15. The van der Waals surface area contributed by atoms with Crippen LogP contribution in [-0.4, -0.2) is 11.5 Å². The van der Waals surface area contributed by atoms with Crippen LogP contribution in [0.5, 0.6) is 0 Å². The Morgan fingerprint density at radius 1 is 1.62 bits per heavy atom. The van der Waals surface area contributed by atoms with Crippen LogP contribution in [0.1, 0.15) is 24.5 Å². The summed E-state index contributed by atoms with van der Waals surface area (Å²) < 4.78 is 0. The van der Waals surface area contributed by atoms with Crippen molar-refractivity contribution in [2.75, 3.05) is 11.9 Å². The zero-order valence-corrected chi connectivity index (χ0v) is 7.96. The standard InChI is InChI=1S/C10H13N3/c1-3-4-12-10-5-8(2)9(6-11)7-13-10/h5,7H,3-4H2,1-2H3,(H,12,13). The fraction of sp³-hybridized carbons (Fsp3) is 0.400. The molecule has 3 nitrogen and oxygen atoms in total. The Balaban J connectivity index is 2.79. The van der Waals surface area contributed by atoms with E-state index < -0.39 is 0 Å². The Kier molecular flexibility index (Phi) is 3.27. The first kappa shape index (κ1) is 9.53. The smallest absolute Gasteiger partial charge is 0.126 e. The zero-order valence-electron chi connectivity index (χ0n) is 7.96. The molecule has 68 valence electrons. The molecule has 1 aromatic heterocycles. The maximum Gasteiger partial charge on any atom is 0.126 e. The van der Waals surface area contributed by atoms with Crippen molar-refractivity contribution in [1.82, 2.24) is 4.98 Å². The Bertz CT molecular complexity index is 325. The summed E-state index contributed by atoms with van der Waals surface area (Å²) in [6, 6.07) is 3.99. The van der Waals surface area contributed by atoms with E-state index in [0.29, 0.717) is 5.56 Å². The minimum Gasteiger partial charge on any atom is -0.370 e. The van der Waals surface area contributed by atoms with Gasteiger partial charge in [-0.1, -0.05) is 6.92 Å². The van der Waals surface area contributed by atoms with Gasteiger partial charge in [-0.15, -0.1) is 0 Å². The van der Waals surface area contributed by atoms with Crippen LogP contribution in [0.2, 0.25) is 0 Å². The van der Waals surface area contributed by atoms with Gasteiger partial charge in [0.2, 0.25) is 0 Å². The first-order chi connectivity index (χ1) is 6.27. The van der Waals surface area contributed by atoms with Gasteiger partial charge in [-0.2, -0.15) is 5.26 Å². The van der Waals surface area contributed by atoms with Crippen LogP contribution in [0.15, 0.2) is 12.3 Å². The second kappa shape index (κ2) is 4.46. The van der Waals surface area contributed by atoms with Crippen molar-refractivity contribution >= 4 is 5.82 Å². The Morgan fingerprint density at radius 2 is 2.38 bits per heavy atom. The van der Waals surface area contributed by atoms with Gasteiger partial charge in [0.1, 0.15) is 11.9 Å². The van der Waals surface area contributed by atoms with Crippen LogP contribution in [-0.2, 0) is 0 Å². The molecule has 0 radical (unpaired) electrons. The third-order valence-electron chi connectivity index (χ3n) is 1.79. The lowest BCUT2D eigenvalue weighted by atomic mass is 10.2. The molecule has 3 heteroatoms. The molecule has 0 atom stereocenters. The van der Waals surface area contributed by atoms with Crippen LogP contribution in [0.4, 0.5) is 5.82 Å². The van der Waals surface area contributed by atoms with Gasteiger partial charge in [0, 0.05) is 12.7 Å². The molecule has 0 aromatic carbocycles. The third-order valence-corrected chi connectivity index (χ3v) is 1.79. The van der Waals surface area contributed by atoms with Gasteiger partial charge in [-0.05, 0) is 25.0 Å². The van der Waals surface area contributed by atoms with Crippen molar-refractivity contribution in [3.63, 3.8) is 0 Å². The molecular weight excluding hydrogens is 162 g/mol. The van der Waals surface area contributed by atoms with Crippen LogP contribution in [0.25, 0.3) is 0 Å². The molecule has 1 heterocycles. The molecule has 0 saturated heterocycles. The molecule has 0 bridgehead atoms. The minimum atomic E-state index is 0.641. The maximum absolute atomic E-state index is 8.67. The maximum atomic E-state index is 8.67. The third kappa shape index (κ3) is 2.45. The second-order valence-corrected chi connectivity index (χ2v) is 2.92. The molecule has 0 aliphatic heterocycles. The van der Waals surface area contributed by atoms with E-state index in [0.717, 1.165) is 24.3 Å². The van der Waals surface area contributed by atoms with Crippen LogP contribution < -0.4 is 5.32 Å². The molecule has 0 saturated carbocycles. The molecule has 0 aliphatic rings. The first-order valence-electron chi connectivity index (χ1n) is 4.38. The summed E-state index contributed by atoms with van der Waals surface area (Å²) in [5.74, 6) is 0.846. The number of hydrogen-bond donors (Lipinski definition) is 1. The Morgan fingerprint density at radius 3 is 2.92 bits per heavy atom. The molecule has 1 N–H and O–H groups in total. The van der Waals surface area contributed by atoms with E-state index in [4.69, 9.17) is 5.26 Å². The SMILES string of the molecule is CCCNc1cc(C)c(C#N)cn1. The highest BCUT2D eigenvalue weighted by Gasteiger charge is 1.98. The summed E-state index contributed by atoms with van der Waals surface area (Å²) in [7, 11) is 0. The van der Waals surface area contributed by atoms with Gasteiger partial charge < -0.3 is 5.32 Å². The molecule has 0 fully saturated rings. The van der Waals surface area contributed by atoms with E-state index in [1.165, 1.54) is 0 Å². The molecule has 1 rings (SSSR count). The van der Waals surface area contributed by atoms with E-state index in [1.807, 2.05) is 13.0 Å². The Labute approximate surface area is 78.4 Å². The number of aromatic nitrogens is 1. The lowest BCUT2D eigenvalue weighted by Crippen LogP contribution is -2.02. The molecule has 0 unspecified atom stereocenters. The van der Waals surface area contributed by atoms with Gasteiger partial charge in [-0.25, -0.2) is 4.98 Å². The highest BCUT2D eigenvalue weighted by atomic mass is 15.0. The van der Waals surface area contributed by atoms with Crippen molar-refractivity contribution in [1.29, 1.82) is 5.26 Å². The number of hydrogen-bond acceptors (Lipinski definition) is 3. The van der Waals surface area contributed by atoms with E-state index in [9.17, 15) is 0 Å². The largest absolute Gasteiger partial charge is 0.370 e. The van der Waals surface area contributed by atoms with Crippen molar-refractivity contribution in [3.8, 4) is 6.07 Å². The number of anilines is 1. The second-order valence-electron chi connectivity index (χ2n) is 2.92. The fourth-order valence-electron chi connectivity index (χ4n) is 1.02. The summed E-state index contributed by atoms with van der Waals surface area (Å²) in [6.07, 6.45) is 2.67. The monoisotopic (exact) mass is 175 g/mol. The number of aryl methyl sites for hydroxylation is 1. The average molecular weight is 175 g/mol. The highest BCUT2D eigenvalue weighted by molar-refractivity contribution is 5.44. The van der Waals surface area contributed by atoms with E-state index in [-0.39, 0.29) is 0 Å². The number of nitriles is 1. The van der Waals surface area contributed by atoms with Crippen molar-refractivity contribution in [2.45, 2.75) is 20.3 Å². The highest BCUT2D eigenvalue weighted by Crippen LogP contribution is 2.10.